The molecule has 4 heterocycles. The van der Waals surface area contributed by atoms with Crippen LogP contribution in [0.2, 0.25) is 0 Å². The molecule has 240 valence electrons. The Bertz CT molecular complexity index is 1800. The van der Waals surface area contributed by atoms with Crippen LogP contribution >= 0.6 is 0 Å². The minimum Gasteiger partial charge on any atom is -0.478 e. The van der Waals surface area contributed by atoms with Crippen LogP contribution in [0.15, 0.2) is 67.0 Å². The van der Waals surface area contributed by atoms with Crippen LogP contribution in [0.1, 0.15) is 65.1 Å². The second kappa shape index (κ2) is 12.2. The third-order valence-corrected chi connectivity index (χ3v) is 8.47. The maximum atomic E-state index is 14.9. The lowest BCUT2D eigenvalue weighted by Gasteiger charge is -2.32. The fraction of sp³-hybridized carbons (Fsp3) is 0.324. The van der Waals surface area contributed by atoms with Gasteiger partial charge in [-0.05, 0) is 74.7 Å². The van der Waals surface area contributed by atoms with E-state index in [9.17, 15) is 22.4 Å². The Morgan fingerprint density at radius 3 is 2.59 bits per heavy atom. The number of carboxylic acids is 1. The predicted molar refractivity (Wildman–Crippen MR) is 161 cm³/mol. The Labute approximate surface area is 262 Å². The van der Waals surface area contributed by atoms with Crippen LogP contribution in [0.3, 0.4) is 0 Å². The highest BCUT2D eigenvalue weighted by Crippen LogP contribution is 2.49. The summed E-state index contributed by atoms with van der Waals surface area (Å²) >= 11 is 0. The molecule has 1 fully saturated rings. The number of carboxylic acid groups (broad SMARTS) is 1. The molecule has 1 saturated heterocycles. The first-order chi connectivity index (χ1) is 21.9. The number of pyridine rings is 1. The van der Waals surface area contributed by atoms with Crippen molar-refractivity contribution in [2.45, 2.75) is 57.7 Å². The maximum absolute atomic E-state index is 14.9. The predicted octanol–water partition coefficient (Wildman–Crippen LogP) is 6.91. The third-order valence-electron chi connectivity index (χ3n) is 8.47. The van der Waals surface area contributed by atoms with E-state index in [4.69, 9.17) is 14.6 Å². The van der Waals surface area contributed by atoms with Crippen molar-refractivity contribution in [1.82, 2.24) is 19.4 Å². The summed E-state index contributed by atoms with van der Waals surface area (Å²) in [7, 11) is 0. The highest BCUT2D eigenvalue weighted by molar-refractivity contribution is 5.84. The molecule has 0 amide bonds. The first-order valence-corrected chi connectivity index (χ1v) is 14.9. The first-order valence-electron chi connectivity index (χ1n) is 14.9. The SMILES string of the molecule is Cc1ccc(C2(C)Oc3cccc(C4CCN(Cc5ncc(/C=C/C(=O)O)n5Cc5cccnc5C(F)(F)F)CC4)c3O2)c(F)c1. The molecule has 8 nitrogen and oxygen atoms in total. The fourth-order valence-corrected chi connectivity index (χ4v) is 6.19. The van der Waals surface area contributed by atoms with E-state index in [1.54, 1.807) is 17.6 Å². The average Bonchev–Trinajstić information content (AvgIpc) is 3.55. The van der Waals surface area contributed by atoms with E-state index in [0.29, 0.717) is 48.2 Å². The number of imidazole rings is 1. The number of halogens is 4. The van der Waals surface area contributed by atoms with Crippen LogP contribution in [-0.2, 0) is 29.8 Å². The summed E-state index contributed by atoms with van der Waals surface area (Å²) in [4.78, 5) is 21.4. The van der Waals surface area contributed by atoms with Gasteiger partial charge in [0, 0.05) is 30.3 Å². The van der Waals surface area contributed by atoms with Crippen molar-refractivity contribution >= 4 is 12.0 Å². The Balaban J connectivity index is 1.19. The summed E-state index contributed by atoms with van der Waals surface area (Å²) in [6, 6.07) is 13.5. The minimum atomic E-state index is -4.64. The molecule has 1 unspecified atom stereocenters. The van der Waals surface area contributed by atoms with Crippen molar-refractivity contribution in [1.29, 1.82) is 0 Å². The molecule has 2 aliphatic heterocycles. The molecule has 0 saturated carbocycles. The van der Waals surface area contributed by atoms with Crippen molar-refractivity contribution in [2.24, 2.45) is 0 Å². The molecule has 0 aliphatic carbocycles. The Hall–Kier alpha value is -4.71. The number of ether oxygens (including phenoxy) is 2. The molecule has 1 N–H and O–H groups in total. The van der Waals surface area contributed by atoms with Gasteiger partial charge in [0.15, 0.2) is 11.5 Å². The summed E-state index contributed by atoms with van der Waals surface area (Å²) in [5.74, 6) is -1.08. The van der Waals surface area contributed by atoms with E-state index in [1.165, 1.54) is 30.5 Å². The van der Waals surface area contributed by atoms with Gasteiger partial charge >= 0.3 is 12.1 Å². The molecule has 0 radical (unpaired) electrons. The number of hydrogen-bond donors (Lipinski definition) is 1. The first kappa shape index (κ1) is 31.3. The lowest BCUT2D eigenvalue weighted by atomic mass is 9.88. The highest BCUT2D eigenvalue weighted by atomic mass is 19.4. The quantitative estimate of drug-likeness (QED) is 0.166. The minimum absolute atomic E-state index is 0.0457. The number of benzene rings is 2. The van der Waals surface area contributed by atoms with Gasteiger partial charge in [0.1, 0.15) is 17.3 Å². The van der Waals surface area contributed by atoms with Gasteiger partial charge < -0.3 is 19.1 Å². The number of carbonyl (C=O) groups is 1. The van der Waals surface area contributed by atoms with Crippen LogP contribution in [-0.4, -0.2) is 43.6 Å². The number of aliphatic carboxylic acids is 1. The zero-order chi connectivity index (χ0) is 32.6. The molecule has 2 aliphatic rings. The molecule has 1 atom stereocenters. The van der Waals surface area contributed by atoms with E-state index in [0.717, 1.165) is 36.2 Å². The molecule has 46 heavy (non-hydrogen) atoms. The van der Waals surface area contributed by atoms with Gasteiger partial charge in [0.25, 0.3) is 5.79 Å². The van der Waals surface area contributed by atoms with Gasteiger partial charge in [-0.1, -0.05) is 24.3 Å². The number of likely N-dealkylation sites (tertiary alicyclic amines) is 1. The van der Waals surface area contributed by atoms with E-state index in [1.807, 2.05) is 31.2 Å². The summed E-state index contributed by atoms with van der Waals surface area (Å²) < 4.78 is 70.1. The van der Waals surface area contributed by atoms with Crippen LogP contribution < -0.4 is 9.47 Å². The topological polar surface area (TPSA) is 89.7 Å². The van der Waals surface area contributed by atoms with Crippen molar-refractivity contribution in [3.8, 4) is 11.5 Å². The van der Waals surface area contributed by atoms with Gasteiger partial charge in [0.2, 0.25) is 0 Å². The zero-order valence-electron chi connectivity index (χ0n) is 25.2. The van der Waals surface area contributed by atoms with Gasteiger partial charge in [0.05, 0.1) is 30.5 Å². The van der Waals surface area contributed by atoms with Crippen LogP contribution in [0, 0.1) is 12.7 Å². The Morgan fingerprint density at radius 1 is 1.09 bits per heavy atom. The molecule has 4 aromatic rings. The van der Waals surface area contributed by atoms with E-state index in [2.05, 4.69) is 14.9 Å². The van der Waals surface area contributed by atoms with Gasteiger partial charge in [-0.3, -0.25) is 9.88 Å². The van der Waals surface area contributed by atoms with Gasteiger partial charge in [-0.25, -0.2) is 14.2 Å². The van der Waals surface area contributed by atoms with Crippen molar-refractivity contribution in [3.05, 3.63) is 112 Å². The number of hydrogen-bond acceptors (Lipinski definition) is 6. The second-order valence-corrected chi connectivity index (χ2v) is 11.7. The number of piperidine rings is 1. The number of nitrogens with zero attached hydrogens (tertiary/aromatic N) is 4. The number of rotatable bonds is 8. The normalized spacial score (nSPS) is 18.8. The van der Waals surface area contributed by atoms with Gasteiger partial charge in [-0.15, -0.1) is 0 Å². The number of fused-ring (bicyclic) bond motifs is 1. The number of aromatic nitrogens is 3. The molecule has 0 spiro atoms. The molecule has 2 aromatic carbocycles. The average molecular weight is 637 g/mol. The summed E-state index contributed by atoms with van der Waals surface area (Å²) in [5.41, 5.74) is 1.42. The molecule has 0 bridgehead atoms. The molecular formula is C34H32F4N4O4. The standard InChI is InChI=1S/C34H32F4N4O4/c1-21-8-10-26(27(35)17-21)33(2)45-28-7-3-6-25(31(28)46-33)22-12-15-41(16-13-22)20-29-40-18-24(9-11-30(43)44)42(29)19-23-5-4-14-39-32(23)34(36,37)38/h3-11,14,17-18,22H,12-13,15-16,19-20H2,1-2H3,(H,43,44)/b11-9+. The lowest BCUT2D eigenvalue weighted by Crippen LogP contribution is -2.34. The second-order valence-electron chi connectivity index (χ2n) is 11.7. The van der Waals surface area contributed by atoms with E-state index < -0.39 is 29.4 Å². The number of para-hydroxylation sites is 1. The summed E-state index contributed by atoms with van der Waals surface area (Å²) in [6.45, 7) is 5.05. The fourth-order valence-electron chi connectivity index (χ4n) is 6.19. The monoisotopic (exact) mass is 636 g/mol. The van der Waals surface area contributed by atoms with Crippen molar-refractivity contribution in [3.63, 3.8) is 0 Å². The number of aryl methyl sites for hydroxylation is 1. The van der Waals surface area contributed by atoms with E-state index in [-0.39, 0.29) is 18.0 Å². The zero-order valence-corrected chi connectivity index (χ0v) is 25.2. The van der Waals surface area contributed by atoms with Crippen LogP contribution in [0.25, 0.3) is 6.08 Å². The summed E-state index contributed by atoms with van der Waals surface area (Å²) in [6.07, 6.45) is 1.70. The van der Waals surface area contributed by atoms with E-state index >= 15 is 0 Å². The Morgan fingerprint density at radius 2 is 1.87 bits per heavy atom. The Kier molecular flexibility index (Phi) is 8.32. The lowest BCUT2D eigenvalue weighted by molar-refractivity contribution is -0.141. The van der Waals surface area contributed by atoms with Crippen molar-refractivity contribution < 1.29 is 36.9 Å². The third kappa shape index (κ3) is 6.34. The largest absolute Gasteiger partial charge is 0.478 e. The summed E-state index contributed by atoms with van der Waals surface area (Å²) in [5, 5.41) is 9.14. The highest BCUT2D eigenvalue weighted by Gasteiger charge is 2.43. The van der Waals surface area contributed by atoms with Crippen LogP contribution in [0.5, 0.6) is 11.5 Å². The molecule has 6 rings (SSSR count). The van der Waals surface area contributed by atoms with Crippen molar-refractivity contribution in [2.75, 3.05) is 13.1 Å². The molecule has 2 aromatic heterocycles. The number of alkyl halides is 3. The van der Waals surface area contributed by atoms with Crippen LogP contribution in [0.4, 0.5) is 17.6 Å². The maximum Gasteiger partial charge on any atom is 0.433 e. The smallest absolute Gasteiger partial charge is 0.433 e. The molecule has 12 heteroatoms. The molecular weight excluding hydrogens is 604 g/mol. The van der Waals surface area contributed by atoms with Gasteiger partial charge in [-0.2, -0.15) is 13.2 Å².